The molecule has 0 aromatic rings. The first-order valence-electron chi connectivity index (χ1n) is 5.18. The van der Waals surface area contributed by atoms with Crippen LogP contribution in [0.4, 0.5) is 0 Å². The van der Waals surface area contributed by atoms with Crippen LogP contribution in [0.5, 0.6) is 0 Å². The van der Waals surface area contributed by atoms with Crippen LogP contribution in [0.25, 0.3) is 0 Å². The van der Waals surface area contributed by atoms with Gasteiger partial charge in [0, 0.05) is 19.2 Å². The largest absolute Gasteiger partial charge is 0.396 e. The van der Waals surface area contributed by atoms with Crippen LogP contribution in [0.15, 0.2) is 0 Å². The van der Waals surface area contributed by atoms with Crippen molar-refractivity contribution in [1.82, 2.24) is 5.32 Å². The second-order valence-corrected chi connectivity index (χ2v) is 4.85. The fraction of sp³-hybridized carbons (Fsp3) is 0.900. The zero-order chi connectivity index (χ0) is 12.1. The van der Waals surface area contributed by atoms with Gasteiger partial charge in [0.05, 0.1) is 6.04 Å². The standard InChI is InChI=1S/C10H23N3O2/c1-10(2,3)8(4-5-14)13-6-7(11)9(12)15/h7-8,13-14H,4-6,11H2,1-3H3,(H2,12,15). The Balaban J connectivity index is 4.13. The summed E-state index contributed by atoms with van der Waals surface area (Å²) in [7, 11) is 0. The molecule has 0 aliphatic rings. The monoisotopic (exact) mass is 217 g/mol. The number of hydrogen-bond donors (Lipinski definition) is 4. The Bertz CT molecular complexity index is 201. The maximum Gasteiger partial charge on any atom is 0.235 e. The van der Waals surface area contributed by atoms with Gasteiger partial charge in [-0.3, -0.25) is 4.79 Å². The quantitative estimate of drug-likeness (QED) is 0.467. The molecule has 0 aromatic heterocycles. The normalized spacial score (nSPS) is 16.1. The van der Waals surface area contributed by atoms with Crippen molar-refractivity contribution < 1.29 is 9.90 Å². The number of carbonyl (C=O) groups is 1. The highest BCUT2D eigenvalue weighted by Crippen LogP contribution is 2.21. The van der Waals surface area contributed by atoms with Crippen molar-refractivity contribution >= 4 is 5.91 Å². The number of rotatable bonds is 6. The molecule has 15 heavy (non-hydrogen) atoms. The van der Waals surface area contributed by atoms with Gasteiger partial charge >= 0.3 is 0 Å². The summed E-state index contributed by atoms with van der Waals surface area (Å²) in [5, 5.41) is 12.1. The second kappa shape index (κ2) is 6.05. The molecule has 0 spiro atoms. The molecule has 0 saturated carbocycles. The average Bonchev–Trinajstić information content (AvgIpc) is 2.09. The van der Waals surface area contributed by atoms with Crippen LogP contribution in [0.2, 0.25) is 0 Å². The van der Waals surface area contributed by atoms with Crippen LogP contribution in [0.3, 0.4) is 0 Å². The van der Waals surface area contributed by atoms with Gasteiger partial charge in [-0.05, 0) is 11.8 Å². The number of amides is 1. The van der Waals surface area contributed by atoms with Crippen LogP contribution < -0.4 is 16.8 Å². The van der Waals surface area contributed by atoms with Gasteiger partial charge in [-0.25, -0.2) is 0 Å². The van der Waals surface area contributed by atoms with Gasteiger partial charge in [-0.15, -0.1) is 0 Å². The van der Waals surface area contributed by atoms with E-state index < -0.39 is 11.9 Å². The molecule has 0 fully saturated rings. The van der Waals surface area contributed by atoms with Gasteiger partial charge in [0.25, 0.3) is 0 Å². The first kappa shape index (κ1) is 14.3. The van der Waals surface area contributed by atoms with E-state index in [0.29, 0.717) is 13.0 Å². The molecule has 6 N–H and O–H groups in total. The van der Waals surface area contributed by atoms with Crippen molar-refractivity contribution in [3.05, 3.63) is 0 Å². The molecule has 1 amide bonds. The fourth-order valence-electron chi connectivity index (χ4n) is 1.34. The fourth-order valence-corrected chi connectivity index (χ4v) is 1.34. The third kappa shape index (κ3) is 5.71. The lowest BCUT2D eigenvalue weighted by atomic mass is 9.85. The molecule has 5 nitrogen and oxygen atoms in total. The topological polar surface area (TPSA) is 101 Å². The molecule has 0 aliphatic carbocycles. The van der Waals surface area contributed by atoms with E-state index >= 15 is 0 Å². The summed E-state index contributed by atoms with van der Waals surface area (Å²) in [6.45, 7) is 6.65. The maximum atomic E-state index is 10.7. The number of primary amides is 1. The molecule has 0 saturated heterocycles. The summed E-state index contributed by atoms with van der Waals surface area (Å²) in [6, 6.07) is -0.554. The summed E-state index contributed by atoms with van der Waals surface area (Å²) in [4.78, 5) is 10.7. The van der Waals surface area contributed by atoms with Crippen molar-refractivity contribution in [1.29, 1.82) is 0 Å². The zero-order valence-corrected chi connectivity index (χ0v) is 9.79. The van der Waals surface area contributed by atoms with E-state index in [-0.39, 0.29) is 18.1 Å². The Hall–Kier alpha value is -0.650. The SMILES string of the molecule is CC(C)(C)C(CCO)NCC(N)C(N)=O. The first-order valence-corrected chi connectivity index (χ1v) is 5.18. The van der Waals surface area contributed by atoms with Crippen molar-refractivity contribution in [2.45, 2.75) is 39.3 Å². The predicted molar refractivity (Wildman–Crippen MR) is 60.1 cm³/mol. The van der Waals surface area contributed by atoms with E-state index in [1.54, 1.807) is 0 Å². The Kier molecular flexibility index (Phi) is 5.79. The van der Waals surface area contributed by atoms with Crippen LogP contribution in [-0.2, 0) is 4.79 Å². The zero-order valence-electron chi connectivity index (χ0n) is 9.79. The van der Waals surface area contributed by atoms with E-state index in [1.165, 1.54) is 0 Å². The number of aliphatic hydroxyl groups excluding tert-OH is 1. The highest BCUT2D eigenvalue weighted by Gasteiger charge is 2.24. The summed E-state index contributed by atoms with van der Waals surface area (Å²) < 4.78 is 0. The minimum absolute atomic E-state index is 0.0140. The van der Waals surface area contributed by atoms with Gasteiger partial charge in [0.2, 0.25) is 5.91 Å². The molecule has 0 bridgehead atoms. The van der Waals surface area contributed by atoms with Gasteiger partial charge in [-0.2, -0.15) is 0 Å². The summed E-state index contributed by atoms with van der Waals surface area (Å²) >= 11 is 0. The predicted octanol–water partition coefficient (Wildman–Crippen LogP) is -0.814. The lowest BCUT2D eigenvalue weighted by molar-refractivity contribution is -0.119. The Morgan fingerprint density at radius 1 is 1.47 bits per heavy atom. The molecule has 90 valence electrons. The van der Waals surface area contributed by atoms with E-state index in [9.17, 15) is 4.79 Å². The molecule has 0 aromatic carbocycles. The molecule has 0 aliphatic heterocycles. The number of nitrogens with one attached hydrogen (secondary N) is 1. The summed E-state index contributed by atoms with van der Waals surface area (Å²) in [5.74, 6) is -0.515. The van der Waals surface area contributed by atoms with Gasteiger partial charge < -0.3 is 21.9 Å². The number of carbonyl (C=O) groups excluding carboxylic acids is 1. The highest BCUT2D eigenvalue weighted by atomic mass is 16.3. The Morgan fingerprint density at radius 2 is 2.00 bits per heavy atom. The van der Waals surface area contributed by atoms with Gasteiger partial charge in [-0.1, -0.05) is 20.8 Å². The van der Waals surface area contributed by atoms with Crippen molar-refractivity contribution in [2.75, 3.05) is 13.2 Å². The van der Waals surface area contributed by atoms with Gasteiger partial charge in [0.1, 0.15) is 0 Å². The molecule has 0 radical (unpaired) electrons. The van der Waals surface area contributed by atoms with Crippen molar-refractivity contribution in [2.24, 2.45) is 16.9 Å². The lowest BCUT2D eigenvalue weighted by Crippen LogP contribution is -2.50. The maximum absolute atomic E-state index is 10.7. The van der Waals surface area contributed by atoms with E-state index in [2.05, 4.69) is 26.1 Å². The van der Waals surface area contributed by atoms with E-state index in [1.807, 2.05) is 0 Å². The van der Waals surface area contributed by atoms with Crippen LogP contribution in [-0.4, -0.2) is 36.2 Å². The van der Waals surface area contributed by atoms with Crippen LogP contribution >= 0.6 is 0 Å². The average molecular weight is 217 g/mol. The molecular formula is C10H23N3O2. The lowest BCUT2D eigenvalue weighted by Gasteiger charge is -2.31. The Morgan fingerprint density at radius 3 is 2.33 bits per heavy atom. The summed E-state index contributed by atoms with van der Waals surface area (Å²) in [6.07, 6.45) is 0.634. The van der Waals surface area contributed by atoms with Crippen LogP contribution in [0.1, 0.15) is 27.2 Å². The molecule has 5 heteroatoms. The second-order valence-electron chi connectivity index (χ2n) is 4.85. The third-order valence-corrected chi connectivity index (χ3v) is 2.41. The van der Waals surface area contributed by atoms with Crippen molar-refractivity contribution in [3.63, 3.8) is 0 Å². The van der Waals surface area contributed by atoms with E-state index in [0.717, 1.165) is 0 Å². The highest BCUT2D eigenvalue weighted by molar-refractivity contribution is 5.79. The Labute approximate surface area is 91.2 Å². The molecule has 2 unspecified atom stereocenters. The third-order valence-electron chi connectivity index (χ3n) is 2.41. The van der Waals surface area contributed by atoms with Crippen molar-refractivity contribution in [3.8, 4) is 0 Å². The minimum atomic E-state index is -0.673. The summed E-state index contributed by atoms with van der Waals surface area (Å²) in [5.41, 5.74) is 10.6. The smallest absolute Gasteiger partial charge is 0.235 e. The molecule has 0 heterocycles. The van der Waals surface area contributed by atoms with Crippen LogP contribution in [0, 0.1) is 5.41 Å². The number of aliphatic hydroxyl groups is 1. The van der Waals surface area contributed by atoms with E-state index in [4.69, 9.17) is 16.6 Å². The first-order chi connectivity index (χ1) is 6.79. The minimum Gasteiger partial charge on any atom is -0.396 e. The number of hydrogen-bond acceptors (Lipinski definition) is 4. The molecular weight excluding hydrogens is 194 g/mol. The van der Waals surface area contributed by atoms with Gasteiger partial charge in [0.15, 0.2) is 0 Å². The number of nitrogens with two attached hydrogens (primary N) is 2. The molecule has 0 rings (SSSR count). The molecule has 2 atom stereocenters.